The first kappa shape index (κ1) is 12.1. The summed E-state index contributed by atoms with van der Waals surface area (Å²) < 4.78 is 0. The third-order valence-corrected chi connectivity index (χ3v) is 1.80. The molecule has 2 amide bonds. The lowest BCUT2D eigenvalue weighted by atomic mass is 10.4. The molecule has 0 atom stereocenters. The molecule has 0 aliphatic carbocycles. The number of hydrogen-bond donors (Lipinski definition) is 2. The number of aromatic nitrogens is 2. The first-order valence-electron chi connectivity index (χ1n) is 4.91. The summed E-state index contributed by atoms with van der Waals surface area (Å²) in [6.45, 7) is 3.99. The number of hydrogen-bond acceptors (Lipinski definition) is 4. The topological polar surface area (TPSA) is 84.0 Å². The highest BCUT2D eigenvalue weighted by molar-refractivity contribution is 5.91. The molecule has 0 radical (unpaired) electrons. The maximum absolute atomic E-state index is 11.5. The van der Waals surface area contributed by atoms with E-state index in [4.69, 9.17) is 0 Å². The first-order valence-corrected chi connectivity index (χ1v) is 4.91. The van der Waals surface area contributed by atoms with Crippen molar-refractivity contribution < 1.29 is 9.59 Å². The van der Waals surface area contributed by atoms with E-state index in [0.29, 0.717) is 13.1 Å². The summed E-state index contributed by atoms with van der Waals surface area (Å²) in [6.07, 6.45) is 2.95. The Kier molecular flexibility index (Phi) is 4.38. The average Bonchev–Trinajstić information content (AvgIpc) is 2.25. The van der Waals surface area contributed by atoms with E-state index in [1.54, 1.807) is 6.92 Å². The summed E-state index contributed by atoms with van der Waals surface area (Å²) in [5, 5.41) is 5.19. The summed E-state index contributed by atoms with van der Waals surface area (Å²) in [5.41, 5.74) is 1.03. The Morgan fingerprint density at radius 2 is 1.88 bits per heavy atom. The minimum atomic E-state index is -0.294. The van der Waals surface area contributed by atoms with Crippen molar-refractivity contribution in [2.24, 2.45) is 0 Å². The van der Waals surface area contributed by atoms with Crippen LogP contribution >= 0.6 is 0 Å². The molecule has 0 bridgehead atoms. The monoisotopic (exact) mass is 222 g/mol. The number of nitrogens with zero attached hydrogens (tertiary/aromatic N) is 2. The Labute approximate surface area is 93.5 Å². The predicted octanol–water partition coefficient (Wildman–Crippen LogP) is -0.349. The van der Waals surface area contributed by atoms with Gasteiger partial charge in [0.15, 0.2) is 0 Å². The molecule has 2 N–H and O–H groups in total. The third-order valence-electron chi connectivity index (χ3n) is 1.80. The maximum Gasteiger partial charge on any atom is 0.271 e. The molecule has 0 saturated heterocycles. The summed E-state index contributed by atoms with van der Waals surface area (Å²) in [5.74, 6) is -0.415. The molecule has 0 spiro atoms. The Morgan fingerprint density at radius 3 is 2.44 bits per heavy atom. The molecule has 6 nitrogen and oxygen atoms in total. The van der Waals surface area contributed by atoms with Crippen LogP contribution in [-0.2, 0) is 4.79 Å². The molecule has 1 aromatic heterocycles. The van der Waals surface area contributed by atoms with Crippen molar-refractivity contribution in [1.82, 2.24) is 20.6 Å². The van der Waals surface area contributed by atoms with E-state index in [-0.39, 0.29) is 17.5 Å². The molecule has 0 aliphatic rings. The number of rotatable bonds is 4. The van der Waals surface area contributed by atoms with Gasteiger partial charge in [-0.1, -0.05) is 0 Å². The van der Waals surface area contributed by atoms with Crippen molar-refractivity contribution in [3.05, 3.63) is 23.8 Å². The van der Waals surface area contributed by atoms with Gasteiger partial charge in [-0.15, -0.1) is 0 Å². The number of carbonyl (C=O) groups is 2. The molecule has 1 heterocycles. The van der Waals surface area contributed by atoms with Crippen molar-refractivity contribution >= 4 is 11.8 Å². The molecule has 0 saturated carbocycles. The van der Waals surface area contributed by atoms with Crippen molar-refractivity contribution in [3.8, 4) is 0 Å². The van der Waals surface area contributed by atoms with Crippen LogP contribution in [-0.4, -0.2) is 34.9 Å². The molecule has 1 rings (SSSR count). The summed E-state index contributed by atoms with van der Waals surface area (Å²) in [4.78, 5) is 29.9. The van der Waals surface area contributed by atoms with E-state index in [9.17, 15) is 9.59 Å². The van der Waals surface area contributed by atoms with Gasteiger partial charge in [-0.2, -0.15) is 0 Å². The van der Waals surface area contributed by atoms with Crippen LogP contribution in [0, 0.1) is 6.92 Å². The van der Waals surface area contributed by atoms with Crippen molar-refractivity contribution in [1.29, 1.82) is 0 Å². The van der Waals surface area contributed by atoms with E-state index in [1.807, 2.05) is 0 Å². The summed E-state index contributed by atoms with van der Waals surface area (Å²) in [7, 11) is 0. The minimum absolute atomic E-state index is 0.121. The minimum Gasteiger partial charge on any atom is -0.355 e. The second-order valence-corrected chi connectivity index (χ2v) is 3.28. The lowest BCUT2D eigenvalue weighted by Gasteiger charge is -2.04. The number of aryl methyl sites for hydroxylation is 1. The third kappa shape index (κ3) is 4.04. The standard InChI is InChI=1S/C10H14N4O2/c1-7-5-14-9(6-13-7)10(16)12-4-3-11-8(2)15/h5-6H,3-4H2,1-2H3,(H,11,15)(H,12,16). The molecule has 0 fully saturated rings. The lowest BCUT2D eigenvalue weighted by molar-refractivity contribution is -0.118. The zero-order valence-corrected chi connectivity index (χ0v) is 9.28. The highest BCUT2D eigenvalue weighted by Gasteiger charge is 2.05. The highest BCUT2D eigenvalue weighted by Crippen LogP contribution is 1.93. The van der Waals surface area contributed by atoms with Crippen LogP contribution in [0.4, 0.5) is 0 Å². The van der Waals surface area contributed by atoms with Gasteiger partial charge in [0.05, 0.1) is 11.9 Å². The van der Waals surface area contributed by atoms with E-state index < -0.39 is 0 Å². The van der Waals surface area contributed by atoms with Crippen molar-refractivity contribution in [3.63, 3.8) is 0 Å². The van der Waals surface area contributed by atoms with Crippen molar-refractivity contribution in [2.75, 3.05) is 13.1 Å². The van der Waals surface area contributed by atoms with Crippen LogP contribution in [0.5, 0.6) is 0 Å². The van der Waals surface area contributed by atoms with Crippen LogP contribution in [0.3, 0.4) is 0 Å². The fourth-order valence-electron chi connectivity index (χ4n) is 1.01. The van der Waals surface area contributed by atoms with Crippen LogP contribution < -0.4 is 10.6 Å². The Balaban J connectivity index is 2.35. The van der Waals surface area contributed by atoms with Gasteiger partial charge >= 0.3 is 0 Å². The van der Waals surface area contributed by atoms with Gasteiger partial charge in [0.2, 0.25) is 5.91 Å². The van der Waals surface area contributed by atoms with Crippen LogP contribution in [0.1, 0.15) is 23.1 Å². The predicted molar refractivity (Wildman–Crippen MR) is 57.8 cm³/mol. The number of amides is 2. The lowest BCUT2D eigenvalue weighted by Crippen LogP contribution is -2.34. The van der Waals surface area contributed by atoms with E-state index >= 15 is 0 Å². The van der Waals surface area contributed by atoms with Gasteiger partial charge in [-0.25, -0.2) is 4.98 Å². The quantitative estimate of drug-likeness (QED) is 0.682. The molecular weight excluding hydrogens is 208 g/mol. The molecular formula is C10H14N4O2. The van der Waals surface area contributed by atoms with E-state index in [2.05, 4.69) is 20.6 Å². The normalized spacial score (nSPS) is 9.62. The van der Waals surface area contributed by atoms with Gasteiger partial charge in [0, 0.05) is 26.2 Å². The van der Waals surface area contributed by atoms with Gasteiger partial charge in [-0.05, 0) is 6.92 Å². The SMILES string of the molecule is CC(=O)NCCNC(=O)c1cnc(C)cn1. The van der Waals surface area contributed by atoms with Gasteiger partial charge < -0.3 is 10.6 Å². The average molecular weight is 222 g/mol. The van der Waals surface area contributed by atoms with Crippen LogP contribution in [0.25, 0.3) is 0 Å². The van der Waals surface area contributed by atoms with E-state index in [1.165, 1.54) is 19.3 Å². The van der Waals surface area contributed by atoms with Crippen LogP contribution in [0.2, 0.25) is 0 Å². The molecule has 16 heavy (non-hydrogen) atoms. The zero-order valence-electron chi connectivity index (χ0n) is 9.28. The Hall–Kier alpha value is -1.98. The Morgan fingerprint density at radius 1 is 1.19 bits per heavy atom. The highest BCUT2D eigenvalue weighted by atomic mass is 16.2. The summed E-state index contributed by atoms with van der Waals surface area (Å²) >= 11 is 0. The molecule has 1 aromatic rings. The molecule has 0 aliphatic heterocycles. The first-order chi connectivity index (χ1) is 7.59. The smallest absolute Gasteiger partial charge is 0.271 e. The Bertz CT molecular complexity index is 375. The fourth-order valence-corrected chi connectivity index (χ4v) is 1.01. The second-order valence-electron chi connectivity index (χ2n) is 3.28. The maximum atomic E-state index is 11.5. The van der Waals surface area contributed by atoms with E-state index in [0.717, 1.165) is 5.69 Å². The zero-order chi connectivity index (χ0) is 12.0. The fraction of sp³-hybridized carbons (Fsp3) is 0.400. The van der Waals surface area contributed by atoms with Crippen LogP contribution in [0.15, 0.2) is 12.4 Å². The molecule has 0 aromatic carbocycles. The van der Waals surface area contributed by atoms with Gasteiger partial charge in [0.1, 0.15) is 5.69 Å². The molecule has 6 heteroatoms. The molecule has 86 valence electrons. The largest absolute Gasteiger partial charge is 0.355 e. The number of carbonyl (C=O) groups excluding carboxylic acids is 2. The van der Waals surface area contributed by atoms with Gasteiger partial charge in [-0.3, -0.25) is 14.6 Å². The van der Waals surface area contributed by atoms with Gasteiger partial charge in [0.25, 0.3) is 5.91 Å². The number of nitrogens with one attached hydrogen (secondary N) is 2. The summed E-state index contributed by atoms with van der Waals surface area (Å²) in [6, 6.07) is 0. The second kappa shape index (κ2) is 5.79. The molecule has 0 unspecified atom stereocenters. The van der Waals surface area contributed by atoms with Crippen molar-refractivity contribution in [2.45, 2.75) is 13.8 Å².